The van der Waals surface area contributed by atoms with E-state index in [0.717, 1.165) is 6.07 Å². The van der Waals surface area contributed by atoms with Gasteiger partial charge in [0.2, 0.25) is 0 Å². The molecule has 0 aliphatic heterocycles. The normalized spacial score (nSPS) is 11.5. The van der Waals surface area contributed by atoms with Crippen LogP contribution in [-0.4, -0.2) is 19.1 Å². The van der Waals surface area contributed by atoms with Crippen LogP contribution in [0.4, 0.5) is 8.78 Å². The Hall–Kier alpha value is -1.23. The average Bonchev–Trinajstić information content (AvgIpc) is 2.06. The lowest BCUT2D eigenvalue weighted by molar-refractivity contribution is 0.0690. The molecule has 1 N–H and O–H groups in total. The standard InChI is InChI=1S/C10H12F2O2Si/c1-15(2,3)7-5-4-6(10(13)14)8(11)9(7)12/h4-5H,1-3H3,(H,13,14). The number of benzene rings is 1. The third-order valence-electron chi connectivity index (χ3n) is 2.12. The highest BCUT2D eigenvalue weighted by atomic mass is 28.3. The van der Waals surface area contributed by atoms with Crippen molar-refractivity contribution in [3.63, 3.8) is 0 Å². The van der Waals surface area contributed by atoms with Gasteiger partial charge in [0, 0.05) is 0 Å². The lowest BCUT2D eigenvalue weighted by atomic mass is 10.2. The summed E-state index contributed by atoms with van der Waals surface area (Å²) in [4.78, 5) is 10.5. The molecule has 0 spiro atoms. The first kappa shape index (κ1) is 11.8. The second kappa shape index (κ2) is 3.73. The summed E-state index contributed by atoms with van der Waals surface area (Å²) in [5, 5.41) is 8.90. The molecule has 0 aliphatic carbocycles. The zero-order valence-corrected chi connectivity index (χ0v) is 9.77. The maximum absolute atomic E-state index is 13.5. The molecule has 0 bridgehead atoms. The first-order valence-corrected chi connectivity index (χ1v) is 7.97. The molecule has 0 fully saturated rings. The maximum Gasteiger partial charge on any atom is 0.338 e. The number of carboxylic acids is 1. The van der Waals surface area contributed by atoms with Crippen molar-refractivity contribution in [2.24, 2.45) is 0 Å². The minimum absolute atomic E-state index is 0.310. The SMILES string of the molecule is C[Si](C)(C)c1ccc(C(=O)O)c(F)c1F. The summed E-state index contributed by atoms with van der Waals surface area (Å²) in [5.74, 6) is -3.73. The summed E-state index contributed by atoms with van der Waals surface area (Å²) in [5.41, 5.74) is -0.616. The van der Waals surface area contributed by atoms with Crippen LogP contribution in [0.25, 0.3) is 0 Å². The van der Waals surface area contributed by atoms with Crippen LogP contribution in [0.2, 0.25) is 19.6 Å². The van der Waals surface area contributed by atoms with E-state index in [4.69, 9.17) is 5.11 Å². The van der Waals surface area contributed by atoms with E-state index in [0.29, 0.717) is 5.19 Å². The van der Waals surface area contributed by atoms with Gasteiger partial charge >= 0.3 is 5.97 Å². The van der Waals surface area contributed by atoms with Gasteiger partial charge in [-0.3, -0.25) is 0 Å². The largest absolute Gasteiger partial charge is 0.478 e. The van der Waals surface area contributed by atoms with E-state index < -0.39 is 31.2 Å². The summed E-state index contributed by atoms with van der Waals surface area (Å²) in [7, 11) is -1.97. The van der Waals surface area contributed by atoms with Gasteiger partial charge in [0.1, 0.15) is 0 Å². The third-order valence-corrected chi connectivity index (χ3v) is 4.12. The fourth-order valence-corrected chi connectivity index (χ4v) is 2.65. The van der Waals surface area contributed by atoms with Crippen LogP contribution in [0.1, 0.15) is 10.4 Å². The molecule has 0 radical (unpaired) electrons. The van der Waals surface area contributed by atoms with Crippen molar-refractivity contribution in [1.29, 1.82) is 0 Å². The summed E-state index contributed by atoms with van der Waals surface area (Å²) >= 11 is 0. The molecule has 0 saturated heterocycles. The minimum atomic E-state index is -1.97. The highest BCUT2D eigenvalue weighted by Crippen LogP contribution is 2.14. The van der Waals surface area contributed by atoms with Gasteiger partial charge in [0.25, 0.3) is 0 Å². The fourth-order valence-electron chi connectivity index (χ4n) is 1.29. The molecule has 82 valence electrons. The molecular formula is C10H12F2O2Si. The van der Waals surface area contributed by atoms with Gasteiger partial charge in [0.15, 0.2) is 11.6 Å². The fraction of sp³-hybridized carbons (Fsp3) is 0.300. The van der Waals surface area contributed by atoms with Gasteiger partial charge in [-0.05, 0) is 11.3 Å². The second-order valence-electron chi connectivity index (χ2n) is 4.34. The predicted octanol–water partition coefficient (Wildman–Crippen LogP) is 2.21. The van der Waals surface area contributed by atoms with Crippen molar-refractivity contribution < 1.29 is 18.7 Å². The van der Waals surface area contributed by atoms with E-state index in [1.807, 2.05) is 19.6 Å². The second-order valence-corrected chi connectivity index (χ2v) is 9.38. The molecule has 2 nitrogen and oxygen atoms in total. The van der Waals surface area contributed by atoms with Gasteiger partial charge < -0.3 is 5.11 Å². The topological polar surface area (TPSA) is 37.3 Å². The van der Waals surface area contributed by atoms with Crippen LogP contribution < -0.4 is 5.19 Å². The van der Waals surface area contributed by atoms with Crippen LogP contribution in [0.3, 0.4) is 0 Å². The number of hydrogen-bond acceptors (Lipinski definition) is 1. The molecule has 0 amide bonds. The monoisotopic (exact) mass is 230 g/mol. The Morgan fingerprint density at radius 1 is 1.20 bits per heavy atom. The molecule has 0 saturated carbocycles. The Morgan fingerprint density at radius 2 is 1.73 bits per heavy atom. The summed E-state index contributed by atoms with van der Waals surface area (Å²) < 4.78 is 26.8. The van der Waals surface area contributed by atoms with Crippen LogP contribution >= 0.6 is 0 Å². The Balaban J connectivity index is 3.41. The molecule has 0 unspecified atom stereocenters. The van der Waals surface area contributed by atoms with Crippen molar-refractivity contribution in [2.45, 2.75) is 19.6 Å². The molecule has 15 heavy (non-hydrogen) atoms. The molecule has 1 aromatic carbocycles. The van der Waals surface area contributed by atoms with E-state index >= 15 is 0 Å². The molecule has 1 rings (SSSR count). The van der Waals surface area contributed by atoms with Crippen LogP contribution in [-0.2, 0) is 0 Å². The smallest absolute Gasteiger partial charge is 0.338 e. The molecular weight excluding hydrogens is 218 g/mol. The molecule has 1 aromatic rings. The number of halogens is 2. The molecule has 0 atom stereocenters. The first-order chi connectivity index (χ1) is 6.75. The first-order valence-electron chi connectivity index (χ1n) is 4.47. The van der Waals surface area contributed by atoms with Crippen LogP contribution in [0.5, 0.6) is 0 Å². The Kier molecular flexibility index (Phi) is 2.94. The summed E-state index contributed by atoms with van der Waals surface area (Å²) in [6.45, 7) is 5.60. The van der Waals surface area contributed by atoms with Crippen molar-refractivity contribution >= 4 is 19.2 Å². The van der Waals surface area contributed by atoms with Gasteiger partial charge in [-0.1, -0.05) is 25.7 Å². The lowest BCUT2D eigenvalue weighted by Crippen LogP contribution is -2.40. The van der Waals surface area contributed by atoms with Gasteiger partial charge in [-0.25, -0.2) is 13.6 Å². The quantitative estimate of drug-likeness (QED) is 0.791. The zero-order valence-electron chi connectivity index (χ0n) is 8.77. The van der Waals surface area contributed by atoms with E-state index in [2.05, 4.69) is 0 Å². The molecule has 0 heterocycles. The number of carboxylic acid groups (broad SMARTS) is 1. The molecule has 5 heteroatoms. The van der Waals surface area contributed by atoms with Crippen molar-refractivity contribution in [3.05, 3.63) is 29.3 Å². The Bertz CT molecular complexity index is 411. The molecule has 0 aromatic heterocycles. The Morgan fingerprint density at radius 3 is 2.13 bits per heavy atom. The molecule has 0 aliphatic rings. The van der Waals surface area contributed by atoms with E-state index in [9.17, 15) is 13.6 Å². The number of aromatic carboxylic acids is 1. The lowest BCUT2D eigenvalue weighted by Gasteiger charge is -2.18. The van der Waals surface area contributed by atoms with E-state index in [-0.39, 0.29) is 0 Å². The van der Waals surface area contributed by atoms with Crippen LogP contribution in [0, 0.1) is 11.6 Å². The zero-order chi connectivity index (χ0) is 11.8. The highest BCUT2D eigenvalue weighted by Gasteiger charge is 2.25. The Labute approximate surface area is 87.6 Å². The highest BCUT2D eigenvalue weighted by molar-refractivity contribution is 6.88. The predicted molar refractivity (Wildman–Crippen MR) is 56.3 cm³/mol. The average molecular weight is 230 g/mol. The van der Waals surface area contributed by atoms with Gasteiger partial charge in [-0.2, -0.15) is 0 Å². The van der Waals surface area contributed by atoms with Crippen molar-refractivity contribution in [2.75, 3.05) is 0 Å². The van der Waals surface area contributed by atoms with Crippen molar-refractivity contribution in [3.8, 4) is 0 Å². The van der Waals surface area contributed by atoms with Crippen LogP contribution in [0.15, 0.2) is 12.1 Å². The summed E-state index contributed by atoms with van der Waals surface area (Å²) in [6.07, 6.45) is 0. The number of carbonyl (C=O) groups is 1. The van der Waals surface area contributed by atoms with E-state index in [1.54, 1.807) is 0 Å². The summed E-state index contributed by atoms with van der Waals surface area (Å²) in [6, 6.07) is 2.49. The van der Waals surface area contributed by atoms with Gasteiger partial charge in [0.05, 0.1) is 13.6 Å². The number of hydrogen-bond donors (Lipinski definition) is 1. The van der Waals surface area contributed by atoms with E-state index in [1.165, 1.54) is 6.07 Å². The number of rotatable bonds is 2. The van der Waals surface area contributed by atoms with Crippen molar-refractivity contribution in [1.82, 2.24) is 0 Å². The minimum Gasteiger partial charge on any atom is -0.478 e. The maximum atomic E-state index is 13.5. The third kappa shape index (κ3) is 2.23. The van der Waals surface area contributed by atoms with Gasteiger partial charge in [-0.15, -0.1) is 0 Å².